The number of hydrogen-bond donors (Lipinski definition) is 1. The molecule has 1 heterocycles. The second-order valence-corrected chi connectivity index (χ2v) is 6.07. The van der Waals surface area contributed by atoms with Gasteiger partial charge >= 0.3 is 6.09 Å². The standard InChI is InChI=1S/C15H19ClN2O2/c16-9-12-1-3-13(4-2-12)10-18-8-7-17(14(19)20)11-15(18)5-6-15/h1-4H,5-11H2,(H,19,20). The Bertz CT molecular complexity index is 499. The molecule has 1 amide bonds. The van der Waals surface area contributed by atoms with Crippen molar-refractivity contribution < 1.29 is 9.90 Å². The van der Waals surface area contributed by atoms with Gasteiger partial charge in [-0.05, 0) is 24.0 Å². The third-order valence-electron chi connectivity index (χ3n) is 4.44. The molecular weight excluding hydrogens is 276 g/mol. The first-order chi connectivity index (χ1) is 9.63. The van der Waals surface area contributed by atoms with Crippen LogP contribution in [0.2, 0.25) is 0 Å². The minimum atomic E-state index is -0.789. The number of halogens is 1. The summed E-state index contributed by atoms with van der Waals surface area (Å²) in [4.78, 5) is 15.1. The monoisotopic (exact) mass is 294 g/mol. The maximum absolute atomic E-state index is 11.1. The summed E-state index contributed by atoms with van der Waals surface area (Å²) in [7, 11) is 0. The predicted molar refractivity (Wildman–Crippen MR) is 78.0 cm³/mol. The van der Waals surface area contributed by atoms with E-state index in [2.05, 4.69) is 29.2 Å². The smallest absolute Gasteiger partial charge is 0.407 e. The lowest BCUT2D eigenvalue weighted by Gasteiger charge is -2.41. The summed E-state index contributed by atoms with van der Waals surface area (Å²) in [5, 5.41) is 9.13. The average Bonchev–Trinajstić information content (AvgIpc) is 3.22. The summed E-state index contributed by atoms with van der Waals surface area (Å²) < 4.78 is 0. The zero-order valence-electron chi connectivity index (χ0n) is 11.4. The highest BCUT2D eigenvalue weighted by Gasteiger charge is 2.51. The largest absolute Gasteiger partial charge is 0.465 e. The minimum Gasteiger partial charge on any atom is -0.465 e. The highest BCUT2D eigenvalue weighted by atomic mass is 35.5. The van der Waals surface area contributed by atoms with Crippen LogP contribution in [0.4, 0.5) is 4.79 Å². The maximum atomic E-state index is 11.1. The van der Waals surface area contributed by atoms with Gasteiger partial charge in [-0.25, -0.2) is 4.79 Å². The molecule has 0 aromatic heterocycles. The van der Waals surface area contributed by atoms with Gasteiger partial charge in [-0.2, -0.15) is 0 Å². The van der Waals surface area contributed by atoms with Gasteiger partial charge in [0.15, 0.2) is 0 Å². The normalized spacial score (nSPS) is 21.1. The molecule has 1 N–H and O–H groups in total. The van der Waals surface area contributed by atoms with Crippen molar-refractivity contribution in [2.75, 3.05) is 19.6 Å². The quantitative estimate of drug-likeness (QED) is 0.872. The molecule has 1 saturated carbocycles. The molecule has 2 aliphatic rings. The molecule has 0 atom stereocenters. The Morgan fingerprint density at radius 1 is 1.20 bits per heavy atom. The van der Waals surface area contributed by atoms with Crippen LogP contribution in [-0.2, 0) is 12.4 Å². The van der Waals surface area contributed by atoms with Gasteiger partial charge in [0.1, 0.15) is 0 Å². The minimum absolute atomic E-state index is 0.0990. The van der Waals surface area contributed by atoms with Crippen LogP contribution < -0.4 is 0 Å². The highest BCUT2D eigenvalue weighted by molar-refractivity contribution is 6.17. The Morgan fingerprint density at radius 2 is 1.85 bits per heavy atom. The van der Waals surface area contributed by atoms with Gasteiger partial charge in [0.2, 0.25) is 0 Å². The third-order valence-corrected chi connectivity index (χ3v) is 4.75. The van der Waals surface area contributed by atoms with E-state index in [9.17, 15) is 4.79 Å². The SMILES string of the molecule is O=C(O)N1CCN(Cc2ccc(CCl)cc2)C2(CC2)C1. The van der Waals surface area contributed by atoms with Crippen molar-refractivity contribution in [1.82, 2.24) is 9.80 Å². The van der Waals surface area contributed by atoms with Crippen LogP contribution >= 0.6 is 11.6 Å². The van der Waals surface area contributed by atoms with E-state index < -0.39 is 6.09 Å². The Hall–Kier alpha value is -1.26. The molecule has 2 fully saturated rings. The average molecular weight is 295 g/mol. The van der Waals surface area contributed by atoms with Crippen LogP contribution in [0.1, 0.15) is 24.0 Å². The number of nitrogens with zero attached hydrogens (tertiary/aromatic N) is 2. The molecule has 3 rings (SSSR count). The van der Waals surface area contributed by atoms with Crippen molar-refractivity contribution >= 4 is 17.7 Å². The fraction of sp³-hybridized carbons (Fsp3) is 0.533. The fourth-order valence-electron chi connectivity index (χ4n) is 3.00. The first-order valence-electron chi connectivity index (χ1n) is 7.00. The molecule has 0 unspecified atom stereocenters. The molecule has 20 heavy (non-hydrogen) atoms. The predicted octanol–water partition coefficient (Wildman–Crippen LogP) is 2.75. The van der Waals surface area contributed by atoms with E-state index in [0.29, 0.717) is 19.0 Å². The van der Waals surface area contributed by atoms with Crippen molar-refractivity contribution in [3.05, 3.63) is 35.4 Å². The lowest BCUT2D eigenvalue weighted by Crippen LogP contribution is -2.55. The third kappa shape index (κ3) is 2.63. The number of benzene rings is 1. The molecule has 108 valence electrons. The number of hydrogen-bond acceptors (Lipinski definition) is 2. The number of carboxylic acid groups (broad SMARTS) is 1. The molecule has 1 aliphatic carbocycles. The molecule has 0 radical (unpaired) electrons. The van der Waals surface area contributed by atoms with E-state index in [4.69, 9.17) is 16.7 Å². The lowest BCUT2D eigenvalue weighted by molar-refractivity contribution is 0.0520. The van der Waals surface area contributed by atoms with E-state index in [-0.39, 0.29) is 5.54 Å². The summed E-state index contributed by atoms with van der Waals surface area (Å²) >= 11 is 5.80. The fourth-order valence-corrected chi connectivity index (χ4v) is 3.17. The first kappa shape index (κ1) is 13.7. The summed E-state index contributed by atoms with van der Waals surface area (Å²) in [5.74, 6) is 0.543. The van der Waals surface area contributed by atoms with Crippen LogP contribution in [0.15, 0.2) is 24.3 Å². The van der Waals surface area contributed by atoms with Gasteiger partial charge in [-0.1, -0.05) is 24.3 Å². The first-order valence-corrected chi connectivity index (χ1v) is 7.53. The van der Waals surface area contributed by atoms with E-state index in [0.717, 1.165) is 31.5 Å². The van der Waals surface area contributed by atoms with E-state index in [1.54, 1.807) is 4.90 Å². The molecule has 5 heteroatoms. The summed E-state index contributed by atoms with van der Waals surface area (Å²) in [6.45, 7) is 2.98. The molecule has 1 spiro atoms. The van der Waals surface area contributed by atoms with Gasteiger partial charge in [0.25, 0.3) is 0 Å². The summed E-state index contributed by atoms with van der Waals surface area (Å²) in [6.07, 6.45) is 1.43. The second-order valence-electron chi connectivity index (χ2n) is 5.80. The molecule has 4 nitrogen and oxygen atoms in total. The van der Waals surface area contributed by atoms with Crippen LogP contribution in [0, 0.1) is 0 Å². The molecule has 1 aliphatic heterocycles. The summed E-state index contributed by atoms with van der Waals surface area (Å²) in [6, 6.07) is 8.37. The van der Waals surface area contributed by atoms with Crippen molar-refractivity contribution in [2.45, 2.75) is 30.8 Å². The van der Waals surface area contributed by atoms with Crippen LogP contribution in [0.25, 0.3) is 0 Å². The highest BCUT2D eigenvalue weighted by Crippen LogP contribution is 2.44. The van der Waals surface area contributed by atoms with Crippen molar-refractivity contribution in [2.24, 2.45) is 0 Å². The number of rotatable bonds is 3. The maximum Gasteiger partial charge on any atom is 0.407 e. The van der Waals surface area contributed by atoms with Crippen LogP contribution in [0.5, 0.6) is 0 Å². The molecule has 1 aromatic rings. The Kier molecular flexibility index (Phi) is 3.61. The summed E-state index contributed by atoms with van der Waals surface area (Å²) in [5.41, 5.74) is 2.50. The van der Waals surface area contributed by atoms with Crippen molar-refractivity contribution in [3.63, 3.8) is 0 Å². The number of amides is 1. The van der Waals surface area contributed by atoms with Crippen LogP contribution in [-0.4, -0.2) is 46.2 Å². The van der Waals surface area contributed by atoms with Gasteiger partial charge in [0.05, 0.1) is 0 Å². The Balaban J connectivity index is 1.67. The van der Waals surface area contributed by atoms with Crippen molar-refractivity contribution in [1.29, 1.82) is 0 Å². The van der Waals surface area contributed by atoms with E-state index in [1.807, 2.05) is 0 Å². The Labute approximate surface area is 123 Å². The van der Waals surface area contributed by atoms with Gasteiger partial charge in [0, 0.05) is 37.6 Å². The van der Waals surface area contributed by atoms with Gasteiger partial charge in [-0.3, -0.25) is 4.90 Å². The Morgan fingerprint density at radius 3 is 2.40 bits per heavy atom. The van der Waals surface area contributed by atoms with E-state index in [1.165, 1.54) is 5.56 Å². The van der Waals surface area contributed by atoms with Crippen molar-refractivity contribution in [3.8, 4) is 0 Å². The second kappa shape index (κ2) is 5.26. The van der Waals surface area contributed by atoms with E-state index >= 15 is 0 Å². The number of piperazine rings is 1. The van der Waals surface area contributed by atoms with Crippen LogP contribution in [0.3, 0.4) is 0 Å². The number of alkyl halides is 1. The lowest BCUT2D eigenvalue weighted by atomic mass is 10.1. The molecule has 0 bridgehead atoms. The molecular formula is C15H19ClN2O2. The molecule has 1 saturated heterocycles. The topological polar surface area (TPSA) is 43.8 Å². The van der Waals surface area contributed by atoms with Gasteiger partial charge in [-0.15, -0.1) is 11.6 Å². The zero-order chi connectivity index (χ0) is 14.2. The zero-order valence-corrected chi connectivity index (χ0v) is 12.1. The van der Waals surface area contributed by atoms with Gasteiger partial charge < -0.3 is 10.0 Å². The number of carbonyl (C=O) groups is 1. The molecule has 1 aromatic carbocycles.